The largest absolute Gasteiger partial charge is 0.337 e. The van der Waals surface area contributed by atoms with E-state index in [9.17, 15) is 9.18 Å². The van der Waals surface area contributed by atoms with Crippen molar-refractivity contribution in [2.45, 2.75) is 32.4 Å². The molecule has 1 aromatic rings. The lowest BCUT2D eigenvalue weighted by molar-refractivity contribution is -0.136. The molecule has 1 amide bonds. The molecule has 4 heteroatoms. The first-order valence-corrected chi connectivity index (χ1v) is 5.55. The number of likely N-dealkylation sites (N-methyl/N-ethyl adjacent to an activating group) is 1. The van der Waals surface area contributed by atoms with Crippen molar-refractivity contribution in [1.82, 2.24) is 4.90 Å². The van der Waals surface area contributed by atoms with Crippen LogP contribution in [0.2, 0.25) is 0 Å². The minimum atomic E-state index is -0.950. The molecule has 0 saturated heterocycles. The number of hydrogen-bond acceptors (Lipinski definition) is 2. The Labute approximate surface area is 101 Å². The van der Waals surface area contributed by atoms with Gasteiger partial charge in [-0.25, -0.2) is 4.39 Å². The van der Waals surface area contributed by atoms with Crippen LogP contribution in [0, 0.1) is 5.82 Å². The lowest BCUT2D eigenvalue weighted by Crippen LogP contribution is -2.50. The molecule has 1 rings (SSSR count). The van der Waals surface area contributed by atoms with Gasteiger partial charge >= 0.3 is 0 Å². The molecule has 0 aliphatic carbocycles. The highest BCUT2D eigenvalue weighted by atomic mass is 19.1. The Kier molecular flexibility index (Phi) is 3.88. The van der Waals surface area contributed by atoms with Gasteiger partial charge in [0.15, 0.2) is 0 Å². The molecule has 1 atom stereocenters. The van der Waals surface area contributed by atoms with E-state index in [0.29, 0.717) is 5.56 Å². The first kappa shape index (κ1) is 13.6. The maximum absolute atomic E-state index is 13.6. The fraction of sp³-hybridized carbons (Fsp3) is 0.462. The summed E-state index contributed by atoms with van der Waals surface area (Å²) in [5.74, 6) is -0.525. The van der Waals surface area contributed by atoms with Crippen molar-refractivity contribution >= 4 is 5.91 Å². The molecule has 0 spiro atoms. The van der Waals surface area contributed by atoms with Crippen molar-refractivity contribution in [2.75, 3.05) is 7.05 Å². The number of carbonyl (C=O) groups is 1. The Morgan fingerprint density at radius 1 is 1.41 bits per heavy atom. The van der Waals surface area contributed by atoms with Crippen LogP contribution in [-0.4, -0.2) is 23.4 Å². The quantitative estimate of drug-likeness (QED) is 0.876. The summed E-state index contributed by atoms with van der Waals surface area (Å²) in [7, 11) is 1.63. The number of benzene rings is 1. The van der Waals surface area contributed by atoms with Crippen LogP contribution in [0.3, 0.4) is 0 Å². The van der Waals surface area contributed by atoms with E-state index in [1.807, 2.05) is 0 Å². The highest BCUT2D eigenvalue weighted by Gasteiger charge is 2.29. The van der Waals surface area contributed by atoms with Crippen molar-refractivity contribution in [3.63, 3.8) is 0 Å². The van der Waals surface area contributed by atoms with Crippen molar-refractivity contribution < 1.29 is 9.18 Å². The van der Waals surface area contributed by atoms with Crippen LogP contribution in [0.1, 0.15) is 32.4 Å². The van der Waals surface area contributed by atoms with Crippen molar-refractivity contribution in [2.24, 2.45) is 5.73 Å². The molecule has 0 aliphatic rings. The summed E-state index contributed by atoms with van der Waals surface area (Å²) in [6.45, 7) is 5.06. The number of rotatable bonds is 3. The third kappa shape index (κ3) is 3.03. The zero-order chi connectivity index (χ0) is 13.2. The van der Waals surface area contributed by atoms with E-state index in [4.69, 9.17) is 5.73 Å². The van der Waals surface area contributed by atoms with Gasteiger partial charge in [0, 0.05) is 12.6 Å². The normalized spacial score (nSPS) is 13.3. The molecule has 17 heavy (non-hydrogen) atoms. The Morgan fingerprint density at radius 3 is 2.41 bits per heavy atom. The highest BCUT2D eigenvalue weighted by molar-refractivity contribution is 5.85. The molecule has 94 valence electrons. The van der Waals surface area contributed by atoms with Gasteiger partial charge in [0.2, 0.25) is 5.91 Å². The SMILES string of the molecule is CC(c1ccccc1F)N(C)C(=O)C(C)(C)N. The van der Waals surface area contributed by atoms with Gasteiger partial charge in [-0.1, -0.05) is 18.2 Å². The summed E-state index contributed by atoms with van der Waals surface area (Å²) in [4.78, 5) is 13.4. The summed E-state index contributed by atoms with van der Waals surface area (Å²) in [5, 5.41) is 0. The van der Waals surface area contributed by atoms with Gasteiger partial charge in [-0.05, 0) is 26.8 Å². The molecule has 2 N–H and O–H groups in total. The molecular weight excluding hydrogens is 219 g/mol. The van der Waals surface area contributed by atoms with Crippen LogP contribution in [0.5, 0.6) is 0 Å². The monoisotopic (exact) mass is 238 g/mol. The molecule has 0 aromatic heterocycles. The zero-order valence-corrected chi connectivity index (χ0v) is 10.7. The fourth-order valence-corrected chi connectivity index (χ4v) is 1.65. The van der Waals surface area contributed by atoms with Crippen molar-refractivity contribution in [3.05, 3.63) is 35.6 Å². The van der Waals surface area contributed by atoms with Gasteiger partial charge in [-0.15, -0.1) is 0 Å². The standard InChI is InChI=1S/C13H19FN2O/c1-9(10-7-5-6-8-11(10)14)16(4)12(17)13(2,3)15/h5-9H,15H2,1-4H3. The van der Waals surface area contributed by atoms with Crippen molar-refractivity contribution in [1.29, 1.82) is 0 Å². The average Bonchev–Trinajstić information content (AvgIpc) is 2.25. The van der Waals surface area contributed by atoms with Gasteiger partial charge in [0.05, 0.1) is 11.6 Å². The predicted octanol–water partition coefficient (Wildman–Crippen LogP) is 2.08. The van der Waals surface area contributed by atoms with Gasteiger partial charge in [-0.3, -0.25) is 4.79 Å². The Bertz CT molecular complexity index is 412. The smallest absolute Gasteiger partial charge is 0.242 e. The topological polar surface area (TPSA) is 46.3 Å². The molecule has 0 fully saturated rings. The summed E-state index contributed by atoms with van der Waals surface area (Å²) >= 11 is 0. The molecule has 0 radical (unpaired) electrons. The summed E-state index contributed by atoms with van der Waals surface area (Å²) < 4.78 is 13.6. The number of nitrogens with two attached hydrogens (primary N) is 1. The van der Waals surface area contributed by atoms with E-state index < -0.39 is 5.54 Å². The van der Waals surface area contributed by atoms with Crippen LogP contribution >= 0.6 is 0 Å². The molecule has 1 unspecified atom stereocenters. The zero-order valence-electron chi connectivity index (χ0n) is 10.7. The van der Waals surface area contributed by atoms with Crippen LogP contribution in [-0.2, 0) is 4.79 Å². The van der Waals surface area contributed by atoms with E-state index in [1.165, 1.54) is 11.0 Å². The lowest BCUT2D eigenvalue weighted by atomic mass is 10.0. The van der Waals surface area contributed by atoms with Crippen molar-refractivity contribution in [3.8, 4) is 0 Å². The number of carbonyl (C=O) groups excluding carboxylic acids is 1. The third-order valence-electron chi connectivity index (χ3n) is 2.81. The minimum Gasteiger partial charge on any atom is -0.337 e. The van der Waals surface area contributed by atoms with E-state index in [-0.39, 0.29) is 17.8 Å². The first-order chi connectivity index (χ1) is 7.75. The number of amides is 1. The Morgan fingerprint density at radius 2 is 1.94 bits per heavy atom. The molecule has 0 aliphatic heterocycles. The van der Waals surface area contributed by atoms with Crippen LogP contribution in [0.4, 0.5) is 4.39 Å². The summed E-state index contributed by atoms with van der Waals surface area (Å²) in [6.07, 6.45) is 0. The maximum atomic E-state index is 13.6. The molecule has 0 heterocycles. The second kappa shape index (κ2) is 4.84. The Balaban J connectivity index is 2.95. The lowest BCUT2D eigenvalue weighted by Gasteiger charge is -2.31. The van der Waals surface area contributed by atoms with E-state index >= 15 is 0 Å². The van der Waals surface area contributed by atoms with Crippen LogP contribution in [0.15, 0.2) is 24.3 Å². The average molecular weight is 238 g/mol. The summed E-state index contributed by atoms with van der Waals surface area (Å²) in [6, 6.07) is 6.10. The van der Waals surface area contributed by atoms with Gasteiger partial charge < -0.3 is 10.6 Å². The minimum absolute atomic E-state index is 0.215. The fourth-order valence-electron chi connectivity index (χ4n) is 1.65. The second-order valence-electron chi connectivity index (χ2n) is 4.84. The number of halogens is 1. The van der Waals surface area contributed by atoms with Gasteiger partial charge in [0.1, 0.15) is 5.82 Å². The number of nitrogens with zero attached hydrogens (tertiary/aromatic N) is 1. The Hall–Kier alpha value is -1.42. The van der Waals surface area contributed by atoms with Crippen LogP contribution in [0.25, 0.3) is 0 Å². The van der Waals surface area contributed by atoms with E-state index in [2.05, 4.69) is 0 Å². The molecule has 0 saturated carbocycles. The molecule has 1 aromatic carbocycles. The van der Waals surface area contributed by atoms with E-state index in [1.54, 1.807) is 46.0 Å². The van der Waals surface area contributed by atoms with Gasteiger partial charge in [0.25, 0.3) is 0 Å². The highest BCUT2D eigenvalue weighted by Crippen LogP contribution is 2.23. The molecule has 0 bridgehead atoms. The first-order valence-electron chi connectivity index (χ1n) is 5.55. The molecular formula is C13H19FN2O. The van der Waals surface area contributed by atoms with Gasteiger partial charge in [-0.2, -0.15) is 0 Å². The third-order valence-corrected chi connectivity index (χ3v) is 2.81. The summed E-state index contributed by atoms with van der Waals surface area (Å²) in [5.41, 5.74) is 5.29. The number of hydrogen-bond donors (Lipinski definition) is 1. The molecule has 3 nitrogen and oxygen atoms in total. The van der Waals surface area contributed by atoms with Crippen LogP contribution < -0.4 is 5.73 Å². The maximum Gasteiger partial charge on any atom is 0.242 e. The predicted molar refractivity (Wildman–Crippen MR) is 65.9 cm³/mol. The van der Waals surface area contributed by atoms with E-state index in [0.717, 1.165) is 0 Å². The second-order valence-corrected chi connectivity index (χ2v) is 4.84.